The molecule has 1 aromatic carbocycles. The van der Waals surface area contributed by atoms with Gasteiger partial charge in [-0.05, 0) is 25.1 Å². The lowest BCUT2D eigenvalue weighted by molar-refractivity contribution is -0.141. The van der Waals surface area contributed by atoms with E-state index in [1.165, 1.54) is 0 Å². The Morgan fingerprint density at radius 3 is 2.98 bits per heavy atom. The second kappa shape index (κ2) is 10.9. The zero-order valence-corrected chi connectivity index (χ0v) is 23.4. The van der Waals surface area contributed by atoms with Gasteiger partial charge in [-0.15, -0.1) is 0 Å². The summed E-state index contributed by atoms with van der Waals surface area (Å²) < 4.78 is 15.0. The van der Waals surface area contributed by atoms with Crippen LogP contribution in [0.15, 0.2) is 49.1 Å². The molecule has 1 fully saturated rings. The number of nitrogens with one attached hydrogen (secondary N) is 2. The molecule has 4 aromatic heterocycles. The van der Waals surface area contributed by atoms with E-state index < -0.39 is 5.97 Å². The van der Waals surface area contributed by atoms with Crippen molar-refractivity contribution in [3.05, 3.63) is 54.7 Å². The summed E-state index contributed by atoms with van der Waals surface area (Å²) in [6.07, 6.45) is 7.46. The molecule has 14 heteroatoms. The summed E-state index contributed by atoms with van der Waals surface area (Å²) in [6, 6.07) is 7.36. The molecule has 0 bridgehead atoms. The van der Waals surface area contributed by atoms with Gasteiger partial charge in [-0.2, -0.15) is 10.2 Å². The lowest BCUT2D eigenvalue weighted by atomic mass is 10.1. The van der Waals surface area contributed by atoms with E-state index in [1.54, 1.807) is 41.0 Å². The average Bonchev–Trinajstić information content (AvgIpc) is 3.77. The van der Waals surface area contributed by atoms with Crippen molar-refractivity contribution in [3.63, 3.8) is 0 Å². The first-order valence-corrected chi connectivity index (χ1v) is 14.0. The van der Waals surface area contributed by atoms with E-state index in [0.29, 0.717) is 85.2 Å². The van der Waals surface area contributed by atoms with Gasteiger partial charge in [-0.25, -0.2) is 14.2 Å². The van der Waals surface area contributed by atoms with Crippen LogP contribution >= 0.6 is 0 Å². The first kappa shape index (κ1) is 26.6. The molecule has 6 heterocycles. The molecule has 1 unspecified atom stereocenters. The number of ether oxygens (including phenoxy) is 2. The molecule has 0 spiro atoms. The van der Waals surface area contributed by atoms with Crippen molar-refractivity contribution in [1.29, 1.82) is 0 Å². The Bertz CT molecular complexity index is 1870. The van der Waals surface area contributed by atoms with E-state index in [2.05, 4.69) is 25.7 Å². The molecular formula is C29H29N9O5. The van der Waals surface area contributed by atoms with Gasteiger partial charge in [0.25, 0.3) is 5.91 Å². The van der Waals surface area contributed by atoms with Crippen molar-refractivity contribution in [1.82, 2.24) is 39.6 Å². The molecule has 0 saturated carbocycles. The molecular weight excluding hydrogens is 554 g/mol. The Labute approximate surface area is 245 Å². The molecule has 5 aromatic rings. The van der Waals surface area contributed by atoms with Crippen molar-refractivity contribution in [2.24, 2.45) is 5.92 Å². The Morgan fingerprint density at radius 2 is 2.14 bits per heavy atom. The van der Waals surface area contributed by atoms with Gasteiger partial charge in [0.15, 0.2) is 11.3 Å². The number of carbonyl (C=O) groups is 2. The molecule has 1 amide bonds. The maximum atomic E-state index is 13.5. The molecule has 0 radical (unpaired) electrons. The highest BCUT2D eigenvalue weighted by Crippen LogP contribution is 2.38. The van der Waals surface area contributed by atoms with E-state index >= 15 is 0 Å². The van der Waals surface area contributed by atoms with Crippen molar-refractivity contribution < 1.29 is 24.2 Å². The quantitative estimate of drug-likeness (QED) is 0.245. The summed E-state index contributed by atoms with van der Waals surface area (Å²) in [5.74, 6) is -0.312. The van der Waals surface area contributed by atoms with Gasteiger partial charge in [-0.1, -0.05) is 0 Å². The van der Waals surface area contributed by atoms with Gasteiger partial charge in [0.1, 0.15) is 23.8 Å². The van der Waals surface area contributed by atoms with Gasteiger partial charge in [0.2, 0.25) is 0 Å². The number of pyridine rings is 1. The van der Waals surface area contributed by atoms with Crippen molar-refractivity contribution in [3.8, 4) is 28.4 Å². The van der Waals surface area contributed by atoms with Crippen LogP contribution in [-0.4, -0.2) is 97.7 Å². The fraction of sp³-hybridized carbons (Fsp3) is 0.310. The van der Waals surface area contributed by atoms with Gasteiger partial charge < -0.3 is 30.1 Å². The molecule has 2 aliphatic rings. The highest BCUT2D eigenvalue weighted by molar-refractivity contribution is 6.05. The number of rotatable bonds is 8. The molecule has 43 heavy (non-hydrogen) atoms. The maximum absolute atomic E-state index is 13.5. The van der Waals surface area contributed by atoms with Crippen molar-refractivity contribution >= 4 is 34.1 Å². The summed E-state index contributed by atoms with van der Waals surface area (Å²) >= 11 is 0. The number of carboxylic acids is 1. The zero-order valence-electron chi connectivity index (χ0n) is 23.4. The van der Waals surface area contributed by atoms with E-state index in [-0.39, 0.29) is 17.5 Å². The Balaban J connectivity index is 1.27. The average molecular weight is 584 g/mol. The number of nitrogens with zero attached hydrogens (tertiary/aromatic N) is 7. The lowest BCUT2D eigenvalue weighted by Crippen LogP contribution is -2.34. The van der Waals surface area contributed by atoms with E-state index in [0.717, 1.165) is 11.3 Å². The van der Waals surface area contributed by atoms with Crippen LogP contribution in [0.4, 0.5) is 5.69 Å². The van der Waals surface area contributed by atoms with Gasteiger partial charge >= 0.3 is 5.97 Å². The van der Waals surface area contributed by atoms with Crippen LogP contribution in [0.25, 0.3) is 33.5 Å². The van der Waals surface area contributed by atoms with Crippen LogP contribution < -0.4 is 20.1 Å². The predicted octanol–water partition coefficient (Wildman–Crippen LogP) is 2.08. The van der Waals surface area contributed by atoms with Crippen molar-refractivity contribution in [2.75, 3.05) is 51.8 Å². The summed E-state index contributed by atoms with van der Waals surface area (Å²) in [5, 5.41) is 25.3. The monoisotopic (exact) mass is 583 g/mol. The van der Waals surface area contributed by atoms with E-state index in [4.69, 9.17) is 14.6 Å². The van der Waals surface area contributed by atoms with Crippen LogP contribution in [0.2, 0.25) is 0 Å². The van der Waals surface area contributed by atoms with Crippen LogP contribution in [0.1, 0.15) is 16.9 Å². The number of benzene rings is 1. The number of anilines is 1. The largest absolute Gasteiger partial charge is 0.494 e. The topological polar surface area (TPSA) is 161 Å². The van der Waals surface area contributed by atoms with Crippen LogP contribution in [0.3, 0.4) is 0 Å². The van der Waals surface area contributed by atoms with Gasteiger partial charge in [-0.3, -0.25) is 14.6 Å². The minimum Gasteiger partial charge on any atom is -0.494 e. The summed E-state index contributed by atoms with van der Waals surface area (Å²) in [7, 11) is 1.58. The van der Waals surface area contributed by atoms with E-state index in [1.807, 2.05) is 29.3 Å². The molecule has 14 nitrogen and oxygen atoms in total. The Hall–Kier alpha value is -5.24. The van der Waals surface area contributed by atoms with Gasteiger partial charge in [0.05, 0.1) is 47.1 Å². The van der Waals surface area contributed by atoms with Crippen molar-refractivity contribution in [2.45, 2.75) is 6.42 Å². The van der Waals surface area contributed by atoms with Gasteiger partial charge in [0, 0.05) is 56.9 Å². The number of methoxy groups -OCH3 is 1. The third-order valence-corrected chi connectivity index (χ3v) is 7.86. The molecule has 220 valence electrons. The number of carboxylic acid groups (broad SMARTS) is 1. The predicted molar refractivity (Wildman–Crippen MR) is 156 cm³/mol. The number of amides is 1. The molecule has 7 rings (SSSR count). The molecule has 1 saturated heterocycles. The number of hydrogen-bond acceptors (Lipinski definition) is 10. The number of likely N-dealkylation sites (tertiary alicyclic amines) is 1. The first-order chi connectivity index (χ1) is 21.0. The summed E-state index contributed by atoms with van der Waals surface area (Å²) in [6.45, 7) is 3.25. The zero-order chi connectivity index (χ0) is 29.5. The van der Waals surface area contributed by atoms with Crippen LogP contribution in [0.5, 0.6) is 11.5 Å². The first-order valence-electron chi connectivity index (χ1n) is 14.0. The standard InChI is InChI=1S/C29H29N9O5/c1-42-25-12-21-24(43-10-6-30-21)13-23(25)38-22-11-20(18-15-34-37-7-2-4-31-27(18)37)33-14-19(22)26(35-38)28(39)32-5-9-36-8-3-17(16-36)29(40)41/h2,4,7,11-15,17,30H,3,5-6,8-10,16H2,1H3,(H,32,39)(H,40,41). The number of aromatic nitrogens is 6. The second-order valence-corrected chi connectivity index (χ2v) is 10.5. The van der Waals surface area contributed by atoms with Crippen LogP contribution in [-0.2, 0) is 4.79 Å². The second-order valence-electron chi connectivity index (χ2n) is 10.5. The SMILES string of the molecule is COc1cc2c(cc1-n1nc(C(=O)NCCN3CCC(C(=O)O)C3)c3cnc(-c4cnn5cccnc45)cc31)OCCN2. The molecule has 1 atom stereocenters. The molecule has 3 N–H and O–H groups in total. The number of aliphatic carboxylic acids is 1. The Kier molecular flexibility index (Phi) is 6.74. The molecule has 2 aliphatic heterocycles. The third kappa shape index (κ3) is 4.84. The minimum absolute atomic E-state index is 0.204. The smallest absolute Gasteiger partial charge is 0.307 e. The number of hydrogen-bond donors (Lipinski definition) is 3. The maximum Gasteiger partial charge on any atom is 0.307 e. The fourth-order valence-corrected chi connectivity index (χ4v) is 5.65. The lowest BCUT2D eigenvalue weighted by Gasteiger charge is -2.21. The summed E-state index contributed by atoms with van der Waals surface area (Å²) in [4.78, 5) is 36.0. The highest BCUT2D eigenvalue weighted by Gasteiger charge is 2.28. The van der Waals surface area contributed by atoms with E-state index in [9.17, 15) is 14.7 Å². The highest BCUT2D eigenvalue weighted by atomic mass is 16.5. The van der Waals surface area contributed by atoms with Crippen LogP contribution in [0, 0.1) is 5.92 Å². The number of carbonyl (C=O) groups excluding carboxylic acids is 1. The minimum atomic E-state index is -0.783. The Morgan fingerprint density at radius 1 is 1.23 bits per heavy atom. The number of fused-ring (bicyclic) bond motifs is 3. The third-order valence-electron chi connectivity index (χ3n) is 7.86. The molecule has 0 aliphatic carbocycles. The normalized spacial score (nSPS) is 16.5. The fourth-order valence-electron chi connectivity index (χ4n) is 5.65. The summed E-state index contributed by atoms with van der Waals surface area (Å²) in [5.41, 5.74) is 4.25.